The van der Waals surface area contributed by atoms with Crippen LogP contribution in [0.1, 0.15) is 27.9 Å². The van der Waals surface area contributed by atoms with Crippen LogP contribution in [0.4, 0.5) is 0 Å². The van der Waals surface area contributed by atoms with Crippen LogP contribution in [0.15, 0.2) is 54.7 Å². The van der Waals surface area contributed by atoms with Crippen molar-refractivity contribution in [3.05, 3.63) is 82.7 Å². The maximum Gasteiger partial charge on any atom is 0.159 e. The molecule has 2 nitrogen and oxygen atoms in total. The van der Waals surface area contributed by atoms with Crippen molar-refractivity contribution in [2.24, 2.45) is 0 Å². The molecule has 0 radical (unpaired) electrons. The Kier molecular flexibility index (Phi) is 3.23. The van der Waals surface area contributed by atoms with Crippen LogP contribution in [0.2, 0.25) is 0 Å². The van der Waals surface area contributed by atoms with E-state index in [2.05, 4.69) is 65.4 Å². The monoisotopic (exact) mass is 336 g/mol. The quantitative estimate of drug-likeness (QED) is 0.387. The van der Waals surface area contributed by atoms with Crippen LogP contribution in [0, 0.1) is 20.8 Å². The van der Waals surface area contributed by atoms with Crippen molar-refractivity contribution in [1.82, 2.24) is 9.97 Å². The first-order chi connectivity index (χ1) is 12.6. The van der Waals surface area contributed by atoms with Crippen LogP contribution in [0.3, 0.4) is 0 Å². The topological polar surface area (TPSA) is 25.8 Å². The van der Waals surface area contributed by atoms with Crippen molar-refractivity contribution < 1.29 is 0 Å². The Labute approximate surface area is 153 Å². The van der Waals surface area contributed by atoms with Crippen LogP contribution in [0.25, 0.3) is 33.3 Å². The van der Waals surface area contributed by atoms with Crippen LogP contribution in [-0.2, 0) is 6.42 Å². The van der Waals surface area contributed by atoms with Crippen molar-refractivity contribution in [2.75, 3.05) is 0 Å². The summed E-state index contributed by atoms with van der Waals surface area (Å²) in [6.07, 6.45) is 2.89. The molecule has 0 amide bonds. The zero-order valence-electron chi connectivity index (χ0n) is 15.3. The molecule has 0 atom stereocenters. The molecule has 0 spiro atoms. The average molecular weight is 336 g/mol. The van der Waals surface area contributed by atoms with E-state index >= 15 is 0 Å². The Morgan fingerprint density at radius 3 is 2.42 bits per heavy atom. The third kappa shape index (κ3) is 2.19. The number of hydrogen-bond donors (Lipinski definition) is 0. The fourth-order valence-corrected chi connectivity index (χ4v) is 4.08. The molecule has 3 aromatic carbocycles. The molecule has 4 aromatic rings. The van der Waals surface area contributed by atoms with E-state index in [1.165, 1.54) is 38.6 Å². The largest absolute Gasteiger partial charge is 0.236 e. The van der Waals surface area contributed by atoms with Gasteiger partial charge in [0.1, 0.15) is 0 Å². The number of aryl methyl sites for hydroxylation is 3. The van der Waals surface area contributed by atoms with Gasteiger partial charge in [-0.05, 0) is 77.4 Å². The van der Waals surface area contributed by atoms with Gasteiger partial charge >= 0.3 is 0 Å². The summed E-state index contributed by atoms with van der Waals surface area (Å²) in [5.41, 5.74) is 10.2. The third-order valence-electron chi connectivity index (χ3n) is 5.57. The Morgan fingerprint density at radius 2 is 1.62 bits per heavy atom. The van der Waals surface area contributed by atoms with E-state index < -0.39 is 0 Å². The van der Waals surface area contributed by atoms with E-state index in [4.69, 9.17) is 0 Å². The van der Waals surface area contributed by atoms with E-state index in [-0.39, 0.29) is 0 Å². The maximum absolute atomic E-state index is 4.67. The summed E-state index contributed by atoms with van der Waals surface area (Å²) in [6.45, 7) is 6.30. The fraction of sp³-hybridized carbons (Fsp3) is 0.167. The van der Waals surface area contributed by atoms with Gasteiger partial charge in [-0.25, -0.2) is 9.97 Å². The zero-order valence-corrected chi connectivity index (χ0v) is 15.3. The van der Waals surface area contributed by atoms with Gasteiger partial charge in [-0.15, -0.1) is 0 Å². The third-order valence-corrected chi connectivity index (χ3v) is 5.57. The number of benzene rings is 3. The van der Waals surface area contributed by atoms with Gasteiger partial charge in [0.2, 0.25) is 0 Å². The molecule has 0 bridgehead atoms. The second kappa shape index (κ2) is 5.50. The van der Waals surface area contributed by atoms with Gasteiger partial charge in [-0.2, -0.15) is 0 Å². The highest BCUT2D eigenvalue weighted by Gasteiger charge is 2.22. The second-order valence-corrected chi connectivity index (χ2v) is 7.28. The summed E-state index contributed by atoms with van der Waals surface area (Å²) in [5, 5.41) is 2.71. The Hall–Kier alpha value is -3.00. The lowest BCUT2D eigenvalue weighted by atomic mass is 9.94. The van der Waals surface area contributed by atoms with Crippen molar-refractivity contribution >= 4 is 10.8 Å². The van der Waals surface area contributed by atoms with Gasteiger partial charge in [0.15, 0.2) is 5.82 Å². The van der Waals surface area contributed by atoms with Gasteiger partial charge in [-0.1, -0.05) is 42.5 Å². The van der Waals surface area contributed by atoms with E-state index in [1.807, 2.05) is 20.0 Å². The van der Waals surface area contributed by atoms with Crippen LogP contribution in [-0.4, -0.2) is 9.97 Å². The van der Waals surface area contributed by atoms with Gasteiger partial charge in [0.05, 0.1) is 0 Å². The molecular weight excluding hydrogens is 316 g/mol. The molecule has 2 heteroatoms. The second-order valence-electron chi connectivity index (χ2n) is 7.28. The molecular formula is C24H20N2. The molecule has 26 heavy (non-hydrogen) atoms. The molecule has 126 valence electrons. The average Bonchev–Trinajstić information content (AvgIpc) is 3.01. The van der Waals surface area contributed by atoms with Gasteiger partial charge in [0.25, 0.3) is 0 Å². The number of aromatic nitrogens is 2. The lowest BCUT2D eigenvalue weighted by Gasteiger charge is -2.10. The zero-order chi connectivity index (χ0) is 17.8. The lowest BCUT2D eigenvalue weighted by Crippen LogP contribution is -1.95. The maximum atomic E-state index is 4.67. The molecule has 0 saturated carbocycles. The Morgan fingerprint density at radius 1 is 0.808 bits per heavy atom. The summed E-state index contributed by atoms with van der Waals surface area (Å²) in [7, 11) is 0. The molecule has 0 aliphatic heterocycles. The minimum atomic E-state index is 0.813. The molecule has 1 aromatic heterocycles. The van der Waals surface area contributed by atoms with Crippen LogP contribution in [0.5, 0.6) is 0 Å². The van der Waals surface area contributed by atoms with Gasteiger partial charge in [0, 0.05) is 17.5 Å². The summed E-state index contributed by atoms with van der Waals surface area (Å²) in [6, 6.07) is 17.8. The highest BCUT2D eigenvalue weighted by Crippen LogP contribution is 2.43. The van der Waals surface area contributed by atoms with Crippen molar-refractivity contribution in [1.29, 1.82) is 0 Å². The van der Waals surface area contributed by atoms with Gasteiger partial charge in [-0.3, -0.25) is 0 Å². The number of fused-ring (bicyclic) bond motifs is 5. The molecule has 0 N–H and O–H groups in total. The molecule has 1 aliphatic carbocycles. The normalized spacial score (nSPS) is 12.3. The number of rotatable bonds is 1. The van der Waals surface area contributed by atoms with E-state index in [0.717, 1.165) is 29.1 Å². The predicted octanol–water partition coefficient (Wildman–Crippen LogP) is 5.79. The summed E-state index contributed by atoms with van der Waals surface area (Å²) in [4.78, 5) is 9.21. The summed E-state index contributed by atoms with van der Waals surface area (Å²) in [5.74, 6) is 0.813. The first kappa shape index (κ1) is 15.3. The van der Waals surface area contributed by atoms with E-state index in [9.17, 15) is 0 Å². The Bertz CT molecular complexity index is 1190. The van der Waals surface area contributed by atoms with Crippen molar-refractivity contribution in [3.63, 3.8) is 0 Å². The first-order valence-electron chi connectivity index (χ1n) is 9.07. The first-order valence-corrected chi connectivity index (χ1v) is 9.07. The molecule has 0 saturated heterocycles. The summed E-state index contributed by atoms with van der Waals surface area (Å²) < 4.78 is 0. The highest BCUT2D eigenvalue weighted by molar-refractivity contribution is 6.02. The smallest absolute Gasteiger partial charge is 0.159 e. The molecule has 0 fully saturated rings. The number of nitrogens with zero attached hydrogens (tertiary/aromatic N) is 2. The minimum absolute atomic E-state index is 0.813. The van der Waals surface area contributed by atoms with Crippen LogP contribution < -0.4 is 0 Å². The molecule has 0 unspecified atom stereocenters. The number of hydrogen-bond acceptors (Lipinski definition) is 2. The Balaban J connectivity index is 1.69. The minimum Gasteiger partial charge on any atom is -0.236 e. The standard InChI is InChI=1S/C24H20N2/c1-14-10-19-12-18-11-17(24-25-13-15(2)16(3)26-24)8-9-21(18)23(19)22-7-5-4-6-20(14)22/h4-11,13H,12H2,1-3H3. The highest BCUT2D eigenvalue weighted by atomic mass is 14.9. The fourth-order valence-electron chi connectivity index (χ4n) is 4.08. The van der Waals surface area contributed by atoms with Crippen LogP contribution >= 0.6 is 0 Å². The summed E-state index contributed by atoms with van der Waals surface area (Å²) >= 11 is 0. The van der Waals surface area contributed by atoms with Crippen molar-refractivity contribution in [3.8, 4) is 22.5 Å². The molecule has 1 aliphatic rings. The van der Waals surface area contributed by atoms with Crippen molar-refractivity contribution in [2.45, 2.75) is 27.2 Å². The predicted molar refractivity (Wildman–Crippen MR) is 107 cm³/mol. The lowest BCUT2D eigenvalue weighted by molar-refractivity contribution is 1.07. The van der Waals surface area contributed by atoms with E-state index in [1.54, 1.807) is 0 Å². The SMILES string of the molecule is Cc1cnc(-c2ccc3c(c2)Cc2cc(C)c4ccccc4c2-3)nc1C. The van der Waals surface area contributed by atoms with E-state index in [0.29, 0.717) is 0 Å². The molecule has 5 rings (SSSR count). The molecule has 1 heterocycles. The van der Waals surface area contributed by atoms with Gasteiger partial charge < -0.3 is 0 Å².